The molecule has 0 aliphatic carbocycles. The van der Waals surface area contributed by atoms with Crippen LogP contribution in [-0.4, -0.2) is 73.5 Å². The van der Waals surface area contributed by atoms with E-state index in [4.69, 9.17) is 14.0 Å². The molecule has 2 aromatic rings. The lowest BCUT2D eigenvalue weighted by Crippen LogP contribution is -2.46. The summed E-state index contributed by atoms with van der Waals surface area (Å²) in [6.07, 6.45) is 0. The zero-order valence-corrected chi connectivity index (χ0v) is 14.3. The Labute approximate surface area is 142 Å². The van der Waals surface area contributed by atoms with E-state index >= 15 is 0 Å². The van der Waals surface area contributed by atoms with Crippen molar-refractivity contribution in [3.8, 4) is 17.1 Å². The van der Waals surface area contributed by atoms with Crippen LogP contribution in [0.3, 0.4) is 0 Å². The molecule has 0 atom stereocenters. The molecule has 1 aliphatic heterocycles. The van der Waals surface area contributed by atoms with Crippen LogP contribution in [0.25, 0.3) is 11.4 Å². The smallest absolute Gasteiger partial charge is 0.241 e. The number of nitrogens with zero attached hydrogens (tertiary/aromatic N) is 4. The van der Waals surface area contributed by atoms with E-state index in [9.17, 15) is 0 Å². The van der Waals surface area contributed by atoms with E-state index in [0.29, 0.717) is 18.3 Å². The number of hydrogen-bond donors (Lipinski definition) is 0. The Morgan fingerprint density at radius 3 is 2.42 bits per heavy atom. The van der Waals surface area contributed by atoms with Crippen LogP contribution < -0.4 is 4.74 Å². The molecule has 0 unspecified atom stereocenters. The third-order valence-corrected chi connectivity index (χ3v) is 4.25. The van der Waals surface area contributed by atoms with Gasteiger partial charge in [0.15, 0.2) is 0 Å². The minimum atomic E-state index is 0.617. The maximum absolute atomic E-state index is 5.40. The zero-order chi connectivity index (χ0) is 16.8. The average Bonchev–Trinajstić information content (AvgIpc) is 3.10. The van der Waals surface area contributed by atoms with Crippen molar-refractivity contribution in [2.75, 3.05) is 53.6 Å². The molecule has 0 N–H and O–H groups in total. The quantitative estimate of drug-likeness (QED) is 0.761. The molecule has 2 heterocycles. The molecule has 1 aliphatic rings. The zero-order valence-electron chi connectivity index (χ0n) is 14.3. The fraction of sp³-hybridized carbons (Fsp3) is 0.529. The topological polar surface area (TPSA) is 63.9 Å². The second-order valence-electron chi connectivity index (χ2n) is 5.85. The first-order valence-corrected chi connectivity index (χ1v) is 8.19. The number of piperazine rings is 1. The van der Waals surface area contributed by atoms with Crippen LogP contribution in [0.2, 0.25) is 0 Å². The number of hydrogen-bond acceptors (Lipinski definition) is 7. The molecule has 0 radical (unpaired) electrons. The summed E-state index contributed by atoms with van der Waals surface area (Å²) in [5, 5.41) is 4.08. The summed E-state index contributed by atoms with van der Waals surface area (Å²) in [7, 11) is 3.39. The van der Waals surface area contributed by atoms with Crippen molar-refractivity contribution in [2.24, 2.45) is 0 Å². The monoisotopic (exact) mass is 332 g/mol. The molecule has 130 valence electrons. The van der Waals surface area contributed by atoms with Gasteiger partial charge in [-0.1, -0.05) is 5.16 Å². The van der Waals surface area contributed by atoms with Gasteiger partial charge in [-0.3, -0.25) is 9.80 Å². The first kappa shape index (κ1) is 16.9. The highest BCUT2D eigenvalue weighted by atomic mass is 16.5. The SMILES string of the molecule is COCCN1CCN(Cc2nc(-c3ccc(OC)cc3)no2)CC1. The molecule has 1 fully saturated rings. The molecular weight excluding hydrogens is 308 g/mol. The van der Waals surface area contributed by atoms with Crippen LogP contribution >= 0.6 is 0 Å². The number of aromatic nitrogens is 2. The minimum absolute atomic E-state index is 0.617. The molecule has 1 aromatic heterocycles. The number of benzene rings is 1. The molecule has 1 saturated heterocycles. The van der Waals surface area contributed by atoms with Crippen molar-refractivity contribution in [3.05, 3.63) is 30.2 Å². The molecule has 1 aromatic carbocycles. The van der Waals surface area contributed by atoms with Gasteiger partial charge in [-0.05, 0) is 24.3 Å². The van der Waals surface area contributed by atoms with Gasteiger partial charge >= 0.3 is 0 Å². The fourth-order valence-electron chi connectivity index (χ4n) is 2.76. The summed E-state index contributed by atoms with van der Waals surface area (Å²) in [5.41, 5.74) is 0.926. The van der Waals surface area contributed by atoms with E-state index in [-0.39, 0.29) is 0 Å². The lowest BCUT2D eigenvalue weighted by atomic mass is 10.2. The lowest BCUT2D eigenvalue weighted by Gasteiger charge is -2.33. The van der Waals surface area contributed by atoms with Gasteiger partial charge in [-0.25, -0.2) is 0 Å². The van der Waals surface area contributed by atoms with Crippen molar-refractivity contribution >= 4 is 0 Å². The third-order valence-electron chi connectivity index (χ3n) is 4.25. The van der Waals surface area contributed by atoms with Crippen LogP contribution in [0, 0.1) is 0 Å². The van der Waals surface area contributed by atoms with Crippen molar-refractivity contribution in [3.63, 3.8) is 0 Å². The van der Waals surface area contributed by atoms with E-state index in [2.05, 4.69) is 19.9 Å². The van der Waals surface area contributed by atoms with Gasteiger partial charge in [-0.2, -0.15) is 4.98 Å². The van der Waals surface area contributed by atoms with Crippen molar-refractivity contribution in [1.82, 2.24) is 19.9 Å². The van der Waals surface area contributed by atoms with Crippen molar-refractivity contribution in [1.29, 1.82) is 0 Å². The Morgan fingerprint density at radius 1 is 1.04 bits per heavy atom. The summed E-state index contributed by atoms with van der Waals surface area (Å²) in [6.45, 7) is 6.57. The summed E-state index contributed by atoms with van der Waals surface area (Å²) in [5.74, 6) is 2.09. The number of rotatable bonds is 7. The molecule has 7 heteroatoms. The Bertz CT molecular complexity index is 621. The van der Waals surface area contributed by atoms with Gasteiger partial charge in [0, 0.05) is 45.4 Å². The second kappa shape index (κ2) is 8.23. The maximum Gasteiger partial charge on any atom is 0.241 e. The highest BCUT2D eigenvalue weighted by Crippen LogP contribution is 2.20. The molecule has 7 nitrogen and oxygen atoms in total. The van der Waals surface area contributed by atoms with Crippen LogP contribution in [-0.2, 0) is 11.3 Å². The summed E-state index contributed by atoms with van der Waals surface area (Å²) >= 11 is 0. The van der Waals surface area contributed by atoms with Crippen LogP contribution in [0.1, 0.15) is 5.89 Å². The molecule has 0 saturated carbocycles. The summed E-state index contributed by atoms with van der Waals surface area (Å²) in [4.78, 5) is 9.26. The third kappa shape index (κ3) is 4.31. The molecule has 0 amide bonds. The largest absolute Gasteiger partial charge is 0.497 e. The van der Waals surface area contributed by atoms with Crippen molar-refractivity contribution in [2.45, 2.75) is 6.54 Å². The van der Waals surface area contributed by atoms with Crippen LogP contribution in [0.4, 0.5) is 0 Å². The van der Waals surface area contributed by atoms with E-state index in [1.54, 1.807) is 14.2 Å². The van der Waals surface area contributed by atoms with Crippen molar-refractivity contribution < 1.29 is 14.0 Å². The van der Waals surface area contributed by atoms with Gasteiger partial charge in [0.1, 0.15) is 5.75 Å². The lowest BCUT2D eigenvalue weighted by molar-refractivity contribution is 0.0883. The molecule has 3 rings (SSSR count). The number of methoxy groups -OCH3 is 2. The predicted octanol–water partition coefficient (Wildman–Crippen LogP) is 1.51. The standard InChI is InChI=1S/C17H24N4O3/c1-22-12-11-20-7-9-21(10-8-20)13-16-18-17(19-24-16)14-3-5-15(23-2)6-4-14/h3-6H,7-13H2,1-2H3. The number of ether oxygens (including phenoxy) is 2. The Balaban J connectivity index is 1.53. The van der Waals surface area contributed by atoms with E-state index in [1.807, 2.05) is 24.3 Å². The average molecular weight is 332 g/mol. The van der Waals surface area contributed by atoms with Crippen LogP contribution in [0.15, 0.2) is 28.8 Å². The Morgan fingerprint density at radius 2 is 1.75 bits per heavy atom. The summed E-state index contributed by atoms with van der Waals surface area (Å²) in [6, 6.07) is 7.65. The Hall–Kier alpha value is -1.96. The maximum atomic E-state index is 5.40. The molecule has 0 spiro atoms. The van der Waals surface area contributed by atoms with Crippen LogP contribution in [0.5, 0.6) is 5.75 Å². The normalized spacial score (nSPS) is 16.4. The van der Waals surface area contributed by atoms with E-state index < -0.39 is 0 Å². The summed E-state index contributed by atoms with van der Waals surface area (Å²) < 4.78 is 15.7. The van der Waals surface area contributed by atoms with Gasteiger partial charge in [0.2, 0.25) is 11.7 Å². The molecule has 24 heavy (non-hydrogen) atoms. The van der Waals surface area contributed by atoms with E-state index in [0.717, 1.165) is 50.6 Å². The highest BCUT2D eigenvalue weighted by Gasteiger charge is 2.19. The second-order valence-corrected chi connectivity index (χ2v) is 5.85. The van der Waals surface area contributed by atoms with Gasteiger partial charge < -0.3 is 14.0 Å². The first-order chi connectivity index (χ1) is 11.8. The van der Waals surface area contributed by atoms with Gasteiger partial charge in [-0.15, -0.1) is 0 Å². The molecule has 0 bridgehead atoms. The fourth-order valence-corrected chi connectivity index (χ4v) is 2.76. The van der Waals surface area contributed by atoms with E-state index in [1.165, 1.54) is 0 Å². The van der Waals surface area contributed by atoms with Gasteiger partial charge in [0.25, 0.3) is 0 Å². The predicted molar refractivity (Wildman–Crippen MR) is 89.9 cm³/mol. The minimum Gasteiger partial charge on any atom is -0.497 e. The molecular formula is C17H24N4O3. The Kier molecular flexibility index (Phi) is 5.79. The first-order valence-electron chi connectivity index (χ1n) is 8.19. The van der Waals surface area contributed by atoms with Gasteiger partial charge in [0.05, 0.1) is 20.3 Å². The highest BCUT2D eigenvalue weighted by molar-refractivity contribution is 5.55.